The maximum Gasteiger partial charge on any atom is 0.222 e. The smallest absolute Gasteiger partial charge is 0.222 e. The standard InChI is InChI=1S/C29H40ClN3O3/c1-5-19(8-7-15-32(26(35)6-2)22-11-13-23(34)14-12-22)29(36)28-27(30)25-17-21(20-9-10-20)16-24(18(3)4)33(25)31-28/h16-17,19-20,22-23,34H,3,5-15H2,1-2,4H3. The van der Waals surface area contributed by atoms with Gasteiger partial charge in [0.25, 0.3) is 0 Å². The van der Waals surface area contributed by atoms with Gasteiger partial charge in [0.05, 0.1) is 22.3 Å². The lowest BCUT2D eigenvalue weighted by Crippen LogP contribution is -2.43. The molecule has 2 saturated carbocycles. The molecule has 2 fully saturated rings. The molecule has 6 nitrogen and oxygen atoms in total. The van der Waals surface area contributed by atoms with Gasteiger partial charge in [0.2, 0.25) is 5.91 Å². The fourth-order valence-electron chi connectivity index (χ4n) is 5.56. The van der Waals surface area contributed by atoms with E-state index in [9.17, 15) is 14.7 Å². The van der Waals surface area contributed by atoms with Crippen molar-refractivity contribution in [3.63, 3.8) is 0 Å². The van der Waals surface area contributed by atoms with Crippen molar-refractivity contribution in [1.29, 1.82) is 0 Å². The monoisotopic (exact) mass is 513 g/mol. The van der Waals surface area contributed by atoms with Gasteiger partial charge in [0.1, 0.15) is 5.69 Å². The molecule has 36 heavy (non-hydrogen) atoms. The van der Waals surface area contributed by atoms with Crippen LogP contribution in [-0.2, 0) is 4.79 Å². The molecule has 0 bridgehead atoms. The summed E-state index contributed by atoms with van der Waals surface area (Å²) in [4.78, 5) is 28.2. The molecule has 0 saturated heterocycles. The Labute approximate surface area is 219 Å². The predicted molar refractivity (Wildman–Crippen MR) is 144 cm³/mol. The van der Waals surface area contributed by atoms with E-state index in [0.717, 1.165) is 48.9 Å². The van der Waals surface area contributed by atoms with Crippen molar-refractivity contribution in [2.24, 2.45) is 5.92 Å². The highest BCUT2D eigenvalue weighted by Gasteiger charge is 2.30. The second-order valence-electron chi connectivity index (χ2n) is 10.7. The van der Waals surface area contributed by atoms with Crippen LogP contribution in [0.2, 0.25) is 5.02 Å². The number of carbonyl (C=O) groups is 2. The summed E-state index contributed by atoms with van der Waals surface area (Å²) in [5.41, 5.74) is 4.14. The quantitative estimate of drug-likeness (QED) is 0.351. The summed E-state index contributed by atoms with van der Waals surface area (Å²) < 4.78 is 1.77. The van der Waals surface area contributed by atoms with Gasteiger partial charge in [-0.3, -0.25) is 9.59 Å². The molecule has 1 N–H and O–H groups in total. The number of pyridine rings is 1. The number of rotatable bonds is 11. The highest BCUT2D eigenvalue weighted by Crippen LogP contribution is 2.42. The van der Waals surface area contributed by atoms with Crippen molar-refractivity contribution in [2.75, 3.05) is 6.54 Å². The number of carbonyl (C=O) groups excluding carboxylic acids is 2. The van der Waals surface area contributed by atoms with E-state index in [1.165, 1.54) is 18.4 Å². The van der Waals surface area contributed by atoms with Crippen LogP contribution in [0.3, 0.4) is 0 Å². The highest BCUT2D eigenvalue weighted by atomic mass is 35.5. The van der Waals surface area contributed by atoms with Crippen molar-refractivity contribution < 1.29 is 14.7 Å². The van der Waals surface area contributed by atoms with Crippen LogP contribution in [0.5, 0.6) is 0 Å². The van der Waals surface area contributed by atoms with Gasteiger partial charge in [-0.1, -0.05) is 32.0 Å². The van der Waals surface area contributed by atoms with Crippen LogP contribution in [0.4, 0.5) is 0 Å². The molecule has 2 aromatic rings. The van der Waals surface area contributed by atoms with Crippen molar-refractivity contribution in [3.8, 4) is 0 Å². The van der Waals surface area contributed by atoms with E-state index in [1.54, 1.807) is 4.52 Å². The molecule has 196 valence electrons. The van der Waals surface area contributed by atoms with Gasteiger partial charge in [-0.25, -0.2) is 4.52 Å². The number of ketones is 1. The zero-order chi connectivity index (χ0) is 26.0. The number of amides is 1. The first-order valence-electron chi connectivity index (χ1n) is 13.6. The number of aliphatic hydroxyl groups is 1. The summed E-state index contributed by atoms with van der Waals surface area (Å²) in [5.74, 6) is 0.483. The lowest BCUT2D eigenvalue weighted by Gasteiger charge is -2.36. The molecule has 2 heterocycles. The lowest BCUT2D eigenvalue weighted by atomic mass is 9.90. The molecule has 1 unspecified atom stereocenters. The summed E-state index contributed by atoms with van der Waals surface area (Å²) in [5, 5.41) is 15.0. The van der Waals surface area contributed by atoms with Crippen LogP contribution < -0.4 is 0 Å². The Balaban J connectivity index is 1.49. The number of aromatic nitrogens is 2. The Morgan fingerprint density at radius 2 is 1.89 bits per heavy atom. The maximum atomic E-state index is 13.6. The summed E-state index contributed by atoms with van der Waals surface area (Å²) in [6.07, 6.45) is 7.89. The minimum atomic E-state index is -0.247. The zero-order valence-corrected chi connectivity index (χ0v) is 22.7. The Kier molecular flexibility index (Phi) is 8.56. The predicted octanol–water partition coefficient (Wildman–Crippen LogP) is 6.43. The van der Waals surface area contributed by atoms with Crippen LogP contribution in [0.15, 0.2) is 18.7 Å². The molecule has 1 atom stereocenters. The number of Topliss-reactive ketones (excluding diaryl/α,β-unsaturated/α-hetero) is 1. The normalized spacial score (nSPS) is 20.9. The molecule has 2 aliphatic rings. The molecular weight excluding hydrogens is 474 g/mol. The van der Waals surface area contributed by atoms with Crippen molar-refractivity contribution in [2.45, 2.75) is 103 Å². The summed E-state index contributed by atoms with van der Waals surface area (Å²) in [6.45, 7) is 10.6. The molecule has 2 aromatic heterocycles. The number of aliphatic hydroxyl groups excluding tert-OH is 1. The van der Waals surface area contributed by atoms with E-state index in [2.05, 4.69) is 23.8 Å². The van der Waals surface area contributed by atoms with E-state index < -0.39 is 0 Å². The van der Waals surface area contributed by atoms with Gasteiger partial charge in [-0.05, 0) is 93.9 Å². The van der Waals surface area contributed by atoms with Gasteiger partial charge >= 0.3 is 0 Å². The van der Waals surface area contributed by atoms with Crippen molar-refractivity contribution in [3.05, 3.63) is 40.7 Å². The topological polar surface area (TPSA) is 74.9 Å². The largest absolute Gasteiger partial charge is 0.393 e. The van der Waals surface area contributed by atoms with Crippen LogP contribution in [0, 0.1) is 5.92 Å². The number of hydrogen-bond acceptors (Lipinski definition) is 4. The Hall–Kier alpha value is -2.18. The molecule has 4 rings (SSSR count). The molecule has 0 aromatic carbocycles. The fourth-order valence-corrected chi connectivity index (χ4v) is 5.82. The van der Waals surface area contributed by atoms with Crippen LogP contribution in [0.1, 0.15) is 113 Å². The number of nitrogens with zero attached hydrogens (tertiary/aromatic N) is 3. The summed E-state index contributed by atoms with van der Waals surface area (Å²) in [7, 11) is 0. The number of halogens is 1. The lowest BCUT2D eigenvalue weighted by molar-refractivity contribution is -0.134. The second kappa shape index (κ2) is 11.5. The van der Waals surface area contributed by atoms with E-state index in [-0.39, 0.29) is 29.8 Å². The van der Waals surface area contributed by atoms with E-state index in [1.807, 2.05) is 25.7 Å². The third kappa shape index (κ3) is 5.70. The Bertz CT molecular complexity index is 1130. The average Bonchev–Trinajstić information content (AvgIpc) is 3.67. The highest BCUT2D eigenvalue weighted by molar-refractivity contribution is 6.37. The number of fused-ring (bicyclic) bond motifs is 1. The molecule has 0 aliphatic heterocycles. The average molecular weight is 514 g/mol. The first kappa shape index (κ1) is 26.9. The van der Waals surface area contributed by atoms with E-state index in [0.29, 0.717) is 42.4 Å². The zero-order valence-electron chi connectivity index (χ0n) is 21.9. The molecule has 2 aliphatic carbocycles. The minimum Gasteiger partial charge on any atom is -0.393 e. The minimum absolute atomic E-state index is 0.0269. The van der Waals surface area contributed by atoms with Gasteiger partial charge < -0.3 is 10.0 Å². The van der Waals surface area contributed by atoms with Gasteiger partial charge in [-0.2, -0.15) is 5.10 Å². The Morgan fingerprint density at radius 3 is 2.47 bits per heavy atom. The van der Waals surface area contributed by atoms with Gasteiger partial charge in [-0.15, -0.1) is 0 Å². The molecule has 0 spiro atoms. The molecular formula is C29H40ClN3O3. The number of allylic oxidation sites excluding steroid dienone is 1. The molecule has 7 heteroatoms. The van der Waals surface area contributed by atoms with Crippen LogP contribution in [0.25, 0.3) is 11.1 Å². The summed E-state index contributed by atoms with van der Waals surface area (Å²) >= 11 is 6.78. The first-order chi connectivity index (χ1) is 17.2. The third-order valence-corrected chi connectivity index (χ3v) is 8.33. The summed E-state index contributed by atoms with van der Waals surface area (Å²) in [6, 6.07) is 4.39. The third-order valence-electron chi connectivity index (χ3n) is 7.96. The van der Waals surface area contributed by atoms with Crippen molar-refractivity contribution in [1.82, 2.24) is 14.5 Å². The van der Waals surface area contributed by atoms with Gasteiger partial charge in [0.15, 0.2) is 5.78 Å². The van der Waals surface area contributed by atoms with Crippen LogP contribution >= 0.6 is 11.6 Å². The van der Waals surface area contributed by atoms with E-state index in [4.69, 9.17) is 11.6 Å². The SMILES string of the molecule is C=C(C)c1cc(C2CC2)cc2c(Cl)c(C(=O)C(CC)CCCN(C(=O)CC)C3CCC(O)CC3)nn12. The first-order valence-corrected chi connectivity index (χ1v) is 14.0. The Morgan fingerprint density at radius 1 is 1.19 bits per heavy atom. The van der Waals surface area contributed by atoms with Gasteiger partial charge in [0, 0.05) is 24.9 Å². The second-order valence-corrected chi connectivity index (χ2v) is 11.1. The van der Waals surface area contributed by atoms with Crippen molar-refractivity contribution >= 4 is 34.4 Å². The molecule has 1 amide bonds. The van der Waals surface area contributed by atoms with Crippen LogP contribution in [-0.4, -0.2) is 50.0 Å². The maximum absolute atomic E-state index is 13.6. The fraction of sp³-hybridized carbons (Fsp3) is 0.621. The molecule has 0 radical (unpaired) electrons. The number of hydrogen-bond donors (Lipinski definition) is 1. The van der Waals surface area contributed by atoms with E-state index >= 15 is 0 Å².